The molecule has 2 aromatic rings. The van der Waals surface area contributed by atoms with E-state index in [9.17, 15) is 19.0 Å². The summed E-state index contributed by atoms with van der Waals surface area (Å²) < 4.78 is 27.7. The quantitative estimate of drug-likeness (QED) is 0.590. The highest BCUT2D eigenvalue weighted by molar-refractivity contribution is 7.81. The van der Waals surface area contributed by atoms with Gasteiger partial charge < -0.3 is 30.0 Å². The molecule has 10 heteroatoms. The summed E-state index contributed by atoms with van der Waals surface area (Å²) in [6.07, 6.45) is -0.359. The lowest BCUT2D eigenvalue weighted by molar-refractivity contribution is -0.0987. The van der Waals surface area contributed by atoms with Crippen LogP contribution in [0.25, 0.3) is 0 Å². The highest BCUT2D eigenvalue weighted by Gasteiger charge is 2.24. The number of nitrogens with zero attached hydrogens (tertiary/aromatic N) is 1. The molecule has 3 rings (SSSR count). The summed E-state index contributed by atoms with van der Waals surface area (Å²) in [7, 11) is 0. The molecule has 6 nitrogen and oxygen atoms in total. The van der Waals surface area contributed by atoms with Crippen LogP contribution in [0.5, 0.6) is 0 Å². The second-order valence-corrected chi connectivity index (χ2v) is 7.35. The summed E-state index contributed by atoms with van der Waals surface area (Å²) in [5.41, 5.74) is 1.32. The Labute approximate surface area is 189 Å². The average Bonchev–Trinajstić information content (AvgIpc) is 2.94. The van der Waals surface area contributed by atoms with E-state index in [0.29, 0.717) is 29.1 Å². The predicted molar refractivity (Wildman–Crippen MR) is 121 cm³/mol. The smallest absolute Gasteiger partial charge is 0.146 e. The minimum absolute atomic E-state index is 0.0323. The van der Waals surface area contributed by atoms with Gasteiger partial charge in [0, 0.05) is 24.3 Å². The molecule has 0 spiro atoms. The Hall–Kier alpha value is -2.46. The number of nitrogens with one attached hydrogen (secondary N) is 1. The van der Waals surface area contributed by atoms with Gasteiger partial charge in [-0.25, -0.2) is 8.78 Å². The molecule has 1 aliphatic heterocycles. The first-order valence-electron chi connectivity index (χ1n) is 9.08. The first-order chi connectivity index (χ1) is 14.8. The summed E-state index contributed by atoms with van der Waals surface area (Å²) in [6.45, 7) is 4.45. The maximum Gasteiger partial charge on any atom is 0.146 e. The van der Waals surface area contributed by atoms with E-state index in [1.165, 1.54) is 30.3 Å². The number of hydrogen-bond acceptors (Lipinski definition) is 6. The molecule has 0 amide bonds. The van der Waals surface area contributed by atoms with Gasteiger partial charge in [0.05, 0.1) is 22.9 Å². The SMILES string of the molecule is C=O.C=O.O[C@@H]1CC[C@H](O)CN(c2cc(C(=S)Nc3ccc(F)c(Cl)c3)ccc2F)C1. The fourth-order valence-electron chi connectivity index (χ4n) is 3.02. The Morgan fingerprint density at radius 3 is 2.10 bits per heavy atom. The van der Waals surface area contributed by atoms with Gasteiger partial charge in [0.15, 0.2) is 0 Å². The fourth-order valence-corrected chi connectivity index (χ4v) is 3.45. The van der Waals surface area contributed by atoms with Crippen molar-refractivity contribution in [2.24, 2.45) is 0 Å². The van der Waals surface area contributed by atoms with Crippen molar-refractivity contribution in [3.8, 4) is 0 Å². The van der Waals surface area contributed by atoms with E-state index < -0.39 is 23.8 Å². The van der Waals surface area contributed by atoms with Gasteiger partial charge in [0.25, 0.3) is 0 Å². The molecule has 2 atom stereocenters. The molecule has 2 aromatic carbocycles. The summed E-state index contributed by atoms with van der Waals surface area (Å²) in [4.78, 5) is 17.9. The maximum absolute atomic E-state index is 14.4. The lowest BCUT2D eigenvalue weighted by Crippen LogP contribution is -2.35. The molecule has 0 radical (unpaired) electrons. The molecule has 0 unspecified atom stereocenters. The third kappa shape index (κ3) is 7.62. The number of aliphatic hydroxyl groups excluding tert-OH is 2. The van der Waals surface area contributed by atoms with Crippen molar-refractivity contribution in [3.63, 3.8) is 0 Å². The minimum Gasteiger partial charge on any atom is -0.391 e. The van der Waals surface area contributed by atoms with Gasteiger partial charge in [0.1, 0.15) is 30.2 Å². The molecular formula is C21H23ClF2N2O4S. The van der Waals surface area contributed by atoms with Gasteiger partial charge in [-0.05, 0) is 49.2 Å². The van der Waals surface area contributed by atoms with Crippen LogP contribution in [0.1, 0.15) is 18.4 Å². The summed E-state index contributed by atoms with van der Waals surface area (Å²) in [5, 5.41) is 22.9. The molecule has 1 saturated heterocycles. The van der Waals surface area contributed by atoms with Crippen molar-refractivity contribution in [1.82, 2.24) is 0 Å². The number of aliphatic hydroxyl groups is 2. The monoisotopic (exact) mass is 472 g/mol. The Kier molecular flexibility index (Phi) is 11.2. The van der Waals surface area contributed by atoms with Gasteiger partial charge in [-0.3, -0.25) is 0 Å². The van der Waals surface area contributed by atoms with Crippen molar-refractivity contribution < 1.29 is 28.6 Å². The molecule has 0 bridgehead atoms. The summed E-state index contributed by atoms with van der Waals surface area (Å²) in [5.74, 6) is -0.997. The third-order valence-corrected chi connectivity index (χ3v) is 5.05. The fraction of sp³-hybridized carbons (Fsp3) is 0.286. The van der Waals surface area contributed by atoms with Gasteiger partial charge in [-0.2, -0.15) is 0 Å². The van der Waals surface area contributed by atoms with Crippen LogP contribution in [0.15, 0.2) is 36.4 Å². The van der Waals surface area contributed by atoms with Crippen LogP contribution in [0.2, 0.25) is 5.02 Å². The first kappa shape index (κ1) is 26.6. The average molecular weight is 473 g/mol. The molecule has 1 fully saturated rings. The van der Waals surface area contributed by atoms with E-state index in [1.807, 2.05) is 13.6 Å². The van der Waals surface area contributed by atoms with Crippen LogP contribution >= 0.6 is 23.8 Å². The highest BCUT2D eigenvalue weighted by Crippen LogP contribution is 2.26. The van der Waals surface area contributed by atoms with E-state index in [1.54, 1.807) is 11.0 Å². The molecule has 31 heavy (non-hydrogen) atoms. The van der Waals surface area contributed by atoms with Crippen LogP contribution < -0.4 is 10.2 Å². The number of hydrogen-bond donors (Lipinski definition) is 3. The second kappa shape index (κ2) is 13.1. The van der Waals surface area contributed by atoms with Gasteiger partial charge >= 0.3 is 0 Å². The van der Waals surface area contributed by atoms with Gasteiger partial charge in [0.2, 0.25) is 0 Å². The molecule has 1 heterocycles. The maximum atomic E-state index is 14.4. The zero-order chi connectivity index (χ0) is 23.6. The Balaban J connectivity index is 0.00000113. The topological polar surface area (TPSA) is 89.9 Å². The Morgan fingerprint density at radius 1 is 1.00 bits per heavy atom. The largest absolute Gasteiger partial charge is 0.391 e. The molecule has 168 valence electrons. The van der Waals surface area contributed by atoms with Crippen LogP contribution in [0.3, 0.4) is 0 Å². The molecular weight excluding hydrogens is 450 g/mol. The second-order valence-electron chi connectivity index (χ2n) is 6.54. The number of thiocarbonyl (C=S) groups is 1. The lowest BCUT2D eigenvalue weighted by Gasteiger charge is -2.26. The van der Waals surface area contributed by atoms with Crippen molar-refractivity contribution in [2.45, 2.75) is 25.0 Å². The number of carbonyl (C=O) groups excluding carboxylic acids is 2. The Bertz CT molecular complexity index is 876. The summed E-state index contributed by atoms with van der Waals surface area (Å²) >= 11 is 11.1. The van der Waals surface area contributed by atoms with Crippen molar-refractivity contribution >= 4 is 53.8 Å². The van der Waals surface area contributed by atoms with Crippen LogP contribution in [0.4, 0.5) is 20.2 Å². The number of carbonyl (C=O) groups is 2. The van der Waals surface area contributed by atoms with E-state index in [2.05, 4.69) is 5.32 Å². The third-order valence-electron chi connectivity index (χ3n) is 4.42. The first-order valence-corrected chi connectivity index (χ1v) is 9.87. The molecule has 0 aliphatic carbocycles. The van der Waals surface area contributed by atoms with E-state index >= 15 is 0 Å². The van der Waals surface area contributed by atoms with E-state index in [4.69, 9.17) is 33.4 Å². The lowest BCUT2D eigenvalue weighted by atomic mass is 10.1. The van der Waals surface area contributed by atoms with Crippen molar-refractivity contribution in [2.75, 3.05) is 23.3 Å². The van der Waals surface area contributed by atoms with Crippen molar-refractivity contribution in [1.29, 1.82) is 0 Å². The van der Waals surface area contributed by atoms with Gasteiger partial charge in [-0.1, -0.05) is 23.8 Å². The highest BCUT2D eigenvalue weighted by atomic mass is 35.5. The van der Waals surface area contributed by atoms with E-state index in [-0.39, 0.29) is 23.8 Å². The van der Waals surface area contributed by atoms with Gasteiger partial charge in [-0.15, -0.1) is 0 Å². The number of benzene rings is 2. The van der Waals surface area contributed by atoms with Crippen molar-refractivity contribution in [3.05, 3.63) is 58.6 Å². The number of anilines is 2. The van der Waals surface area contributed by atoms with Crippen LogP contribution in [-0.4, -0.2) is 54.1 Å². The minimum atomic E-state index is -0.642. The molecule has 0 saturated carbocycles. The van der Waals surface area contributed by atoms with Crippen LogP contribution in [-0.2, 0) is 9.59 Å². The number of rotatable bonds is 3. The van der Waals surface area contributed by atoms with Crippen LogP contribution in [0, 0.1) is 11.6 Å². The normalized spacial score (nSPS) is 17.9. The number of β-amino-alcohol motifs (C(OH)–C–C–N with tert-alkyl or cyclic N) is 2. The number of halogens is 3. The predicted octanol–water partition coefficient (Wildman–Crippen LogP) is 3.36. The molecule has 1 aliphatic rings. The zero-order valence-electron chi connectivity index (χ0n) is 16.6. The molecule has 3 N–H and O–H groups in total. The Morgan fingerprint density at radius 2 is 1.55 bits per heavy atom. The summed E-state index contributed by atoms with van der Waals surface area (Å²) in [6, 6.07) is 8.53. The van der Waals surface area contributed by atoms with E-state index in [0.717, 1.165) is 0 Å². The molecule has 0 aromatic heterocycles. The standard InChI is InChI=1S/C19H19ClF2N2O2S.2CH2O/c20-15-8-12(2-6-16(15)21)23-19(27)11-1-5-17(22)18(7-11)24-9-13(25)3-4-14(26)10-24;2*1-2/h1-2,5-8,13-14,25-26H,3-4,9-10H2,(H,23,27);2*1H2/t13-,14+;;. The zero-order valence-corrected chi connectivity index (χ0v) is 18.1.